The summed E-state index contributed by atoms with van der Waals surface area (Å²) in [5.74, 6) is 0.492. The third-order valence-corrected chi connectivity index (χ3v) is 6.64. The van der Waals surface area contributed by atoms with Crippen molar-refractivity contribution in [2.45, 2.75) is 18.4 Å². The molecule has 3 rings (SSSR count). The molecule has 29 heavy (non-hydrogen) atoms. The monoisotopic (exact) mass is 429 g/mol. The van der Waals surface area contributed by atoms with Crippen LogP contribution in [0.2, 0.25) is 5.02 Å². The molecule has 0 aliphatic heterocycles. The number of rotatable bonds is 7. The first-order chi connectivity index (χ1) is 13.8. The molecule has 0 aliphatic rings. The van der Waals surface area contributed by atoms with Crippen molar-refractivity contribution in [3.63, 3.8) is 0 Å². The Morgan fingerprint density at radius 3 is 2.14 bits per heavy atom. The Hall–Kier alpha value is -2.83. The van der Waals surface area contributed by atoms with Crippen LogP contribution in [0, 0.1) is 0 Å². The molecule has 3 aromatic carbocycles. The standard InChI is InChI=1S/C22H20ClNO4S/c1-16(25)17-7-13-21(14-8-17)29(26,27)24(15-18-5-3-4-6-22(18)23)19-9-11-20(28-2)12-10-19/h3-14H,15H2,1-2H3. The van der Waals surface area contributed by atoms with Gasteiger partial charge in [0.2, 0.25) is 0 Å². The zero-order chi connectivity index (χ0) is 21.0. The third-order valence-electron chi connectivity index (χ3n) is 4.48. The van der Waals surface area contributed by atoms with Crippen molar-refractivity contribution in [3.8, 4) is 5.75 Å². The maximum Gasteiger partial charge on any atom is 0.264 e. The highest BCUT2D eigenvalue weighted by Gasteiger charge is 2.26. The van der Waals surface area contributed by atoms with Crippen LogP contribution in [0.1, 0.15) is 22.8 Å². The van der Waals surface area contributed by atoms with Gasteiger partial charge in [0.05, 0.1) is 24.2 Å². The van der Waals surface area contributed by atoms with Gasteiger partial charge in [0, 0.05) is 10.6 Å². The zero-order valence-electron chi connectivity index (χ0n) is 16.0. The van der Waals surface area contributed by atoms with Crippen LogP contribution in [-0.2, 0) is 16.6 Å². The van der Waals surface area contributed by atoms with Gasteiger partial charge in [0.15, 0.2) is 5.78 Å². The molecule has 0 bridgehead atoms. The molecule has 0 aromatic heterocycles. The number of anilines is 1. The minimum atomic E-state index is -3.91. The number of methoxy groups -OCH3 is 1. The summed E-state index contributed by atoms with van der Waals surface area (Å²) in [6.45, 7) is 1.49. The topological polar surface area (TPSA) is 63.7 Å². The van der Waals surface area contributed by atoms with Crippen molar-refractivity contribution in [1.29, 1.82) is 0 Å². The number of benzene rings is 3. The average molecular weight is 430 g/mol. The second-order valence-corrected chi connectivity index (χ2v) is 8.65. The molecule has 0 spiro atoms. The van der Waals surface area contributed by atoms with Crippen LogP contribution >= 0.6 is 11.6 Å². The Morgan fingerprint density at radius 1 is 0.966 bits per heavy atom. The summed E-state index contributed by atoms with van der Waals surface area (Å²) in [6, 6.07) is 19.8. The number of ketones is 1. The van der Waals surface area contributed by atoms with Crippen LogP contribution in [0.4, 0.5) is 5.69 Å². The van der Waals surface area contributed by atoms with Gasteiger partial charge in [0.1, 0.15) is 5.75 Å². The van der Waals surface area contributed by atoms with Gasteiger partial charge in [-0.15, -0.1) is 0 Å². The normalized spacial score (nSPS) is 11.1. The molecule has 0 unspecified atom stereocenters. The van der Waals surface area contributed by atoms with E-state index >= 15 is 0 Å². The second kappa shape index (κ2) is 8.68. The van der Waals surface area contributed by atoms with Gasteiger partial charge < -0.3 is 4.74 Å². The van der Waals surface area contributed by atoms with Crippen LogP contribution in [-0.4, -0.2) is 21.3 Å². The summed E-state index contributed by atoms with van der Waals surface area (Å²) >= 11 is 6.28. The van der Waals surface area contributed by atoms with E-state index in [-0.39, 0.29) is 17.2 Å². The summed E-state index contributed by atoms with van der Waals surface area (Å²) in [7, 11) is -2.36. The fourth-order valence-corrected chi connectivity index (χ4v) is 4.47. The van der Waals surface area contributed by atoms with Crippen molar-refractivity contribution < 1.29 is 17.9 Å². The summed E-state index contributed by atoms with van der Waals surface area (Å²) in [4.78, 5) is 11.6. The van der Waals surface area contributed by atoms with E-state index in [9.17, 15) is 13.2 Å². The first-order valence-electron chi connectivity index (χ1n) is 8.84. The lowest BCUT2D eigenvalue weighted by molar-refractivity contribution is 0.101. The second-order valence-electron chi connectivity index (χ2n) is 6.38. The number of nitrogens with zero attached hydrogens (tertiary/aromatic N) is 1. The molecule has 0 radical (unpaired) electrons. The molecule has 0 amide bonds. The van der Waals surface area contributed by atoms with E-state index in [1.165, 1.54) is 35.5 Å². The predicted molar refractivity (Wildman–Crippen MR) is 114 cm³/mol. The molecule has 5 nitrogen and oxygen atoms in total. The SMILES string of the molecule is COc1ccc(N(Cc2ccccc2Cl)S(=O)(=O)c2ccc(C(C)=O)cc2)cc1. The first kappa shape index (κ1) is 20.9. The molecule has 0 heterocycles. The van der Waals surface area contributed by atoms with Crippen LogP contribution in [0.5, 0.6) is 5.75 Å². The van der Waals surface area contributed by atoms with Crippen LogP contribution in [0.3, 0.4) is 0 Å². The molecule has 3 aromatic rings. The molecule has 0 saturated heterocycles. The maximum atomic E-state index is 13.5. The highest BCUT2D eigenvalue weighted by Crippen LogP contribution is 2.29. The van der Waals surface area contributed by atoms with E-state index in [4.69, 9.17) is 16.3 Å². The van der Waals surface area contributed by atoms with Gasteiger partial charge in [-0.1, -0.05) is 41.9 Å². The molecule has 0 atom stereocenters. The number of ether oxygens (including phenoxy) is 1. The summed E-state index contributed by atoms with van der Waals surface area (Å²) in [5, 5.41) is 0.480. The lowest BCUT2D eigenvalue weighted by Crippen LogP contribution is -2.30. The zero-order valence-corrected chi connectivity index (χ0v) is 17.6. The van der Waals surface area contributed by atoms with Gasteiger partial charge in [0.25, 0.3) is 10.0 Å². The van der Waals surface area contributed by atoms with Gasteiger partial charge in [-0.2, -0.15) is 0 Å². The minimum absolute atomic E-state index is 0.0583. The van der Waals surface area contributed by atoms with E-state index in [1.54, 1.807) is 49.6 Å². The van der Waals surface area contributed by atoms with Crippen LogP contribution in [0.15, 0.2) is 77.7 Å². The van der Waals surface area contributed by atoms with E-state index in [0.29, 0.717) is 27.6 Å². The number of halogens is 1. The molecule has 7 heteroatoms. The molecule has 0 aliphatic carbocycles. The van der Waals surface area contributed by atoms with Crippen molar-refractivity contribution in [2.24, 2.45) is 0 Å². The lowest BCUT2D eigenvalue weighted by Gasteiger charge is -2.25. The first-order valence-corrected chi connectivity index (χ1v) is 10.7. The quantitative estimate of drug-likeness (QED) is 0.498. The van der Waals surface area contributed by atoms with Gasteiger partial charge in [-0.3, -0.25) is 9.10 Å². The third kappa shape index (κ3) is 4.60. The Labute approximate surface area is 175 Å². The number of Topliss-reactive ketones (excluding diaryl/α,β-unsaturated/α-hetero) is 1. The largest absolute Gasteiger partial charge is 0.497 e. The van der Waals surface area contributed by atoms with Gasteiger partial charge in [-0.25, -0.2) is 8.42 Å². The number of hydrogen-bond donors (Lipinski definition) is 0. The minimum Gasteiger partial charge on any atom is -0.497 e. The van der Waals surface area contributed by atoms with Crippen molar-refractivity contribution in [3.05, 3.63) is 88.9 Å². The van der Waals surface area contributed by atoms with E-state index in [1.807, 2.05) is 6.07 Å². The van der Waals surface area contributed by atoms with Crippen molar-refractivity contribution >= 4 is 33.1 Å². The van der Waals surface area contributed by atoms with Crippen LogP contribution < -0.4 is 9.04 Å². The van der Waals surface area contributed by atoms with Crippen molar-refractivity contribution in [1.82, 2.24) is 0 Å². The summed E-state index contributed by atoms with van der Waals surface area (Å²) in [6.07, 6.45) is 0. The molecule has 150 valence electrons. The maximum absolute atomic E-state index is 13.5. The van der Waals surface area contributed by atoms with Gasteiger partial charge in [-0.05, 0) is 55.0 Å². The Morgan fingerprint density at radius 2 is 1.59 bits per heavy atom. The fraction of sp³-hybridized carbons (Fsp3) is 0.136. The lowest BCUT2D eigenvalue weighted by atomic mass is 10.2. The van der Waals surface area contributed by atoms with E-state index in [2.05, 4.69) is 0 Å². The highest BCUT2D eigenvalue weighted by molar-refractivity contribution is 7.92. The smallest absolute Gasteiger partial charge is 0.264 e. The van der Waals surface area contributed by atoms with Crippen molar-refractivity contribution in [2.75, 3.05) is 11.4 Å². The summed E-state index contributed by atoms with van der Waals surface area (Å²) in [5.41, 5.74) is 1.60. The average Bonchev–Trinajstić information content (AvgIpc) is 2.73. The number of carbonyl (C=O) groups is 1. The molecule has 0 saturated carbocycles. The molecular weight excluding hydrogens is 410 g/mol. The number of hydrogen-bond acceptors (Lipinski definition) is 4. The Kier molecular flexibility index (Phi) is 6.25. The Balaban J connectivity index is 2.07. The van der Waals surface area contributed by atoms with E-state index in [0.717, 1.165) is 0 Å². The van der Waals surface area contributed by atoms with Gasteiger partial charge >= 0.3 is 0 Å². The number of sulfonamides is 1. The highest BCUT2D eigenvalue weighted by atomic mass is 35.5. The van der Waals surface area contributed by atoms with Crippen LogP contribution in [0.25, 0.3) is 0 Å². The number of carbonyl (C=O) groups excluding carboxylic acids is 1. The fourth-order valence-electron chi connectivity index (χ4n) is 2.83. The predicted octanol–water partition coefficient (Wildman–Crippen LogP) is 4.95. The molecule has 0 fully saturated rings. The van der Waals surface area contributed by atoms with E-state index < -0.39 is 10.0 Å². The summed E-state index contributed by atoms with van der Waals surface area (Å²) < 4.78 is 33.4. The molecule has 0 N–H and O–H groups in total. The molecular formula is C22H20ClNO4S. The Bertz CT molecular complexity index is 1110.